The molecule has 0 bridgehead atoms. The molecular formula is C12H18O3. The smallest absolute Gasteiger partial charge is 0.153 e. The molecule has 1 aromatic carbocycles. The first-order valence-corrected chi connectivity index (χ1v) is 4.68. The highest BCUT2D eigenvalue weighted by Gasteiger charge is 2.14. The molecule has 0 amide bonds. The minimum atomic E-state index is 0.00542. The molecule has 84 valence electrons. The van der Waals surface area contributed by atoms with E-state index in [1.54, 1.807) is 12.1 Å². The summed E-state index contributed by atoms with van der Waals surface area (Å²) < 4.78 is 0. The van der Waals surface area contributed by atoms with Crippen LogP contribution in [0, 0.1) is 0 Å². The minimum absolute atomic E-state index is 0.00542. The number of rotatable bonds is 1. The predicted molar refractivity (Wildman–Crippen MR) is 60.3 cm³/mol. The maximum atomic E-state index is 10.5. The summed E-state index contributed by atoms with van der Waals surface area (Å²) >= 11 is 0. The van der Waals surface area contributed by atoms with Gasteiger partial charge in [-0.1, -0.05) is 26.8 Å². The number of carbonyl (C=O) groups is 1. The van der Waals surface area contributed by atoms with E-state index in [1.165, 1.54) is 0 Å². The predicted octanol–water partition coefficient (Wildman–Crippen LogP) is 2.11. The van der Waals surface area contributed by atoms with Crippen molar-refractivity contribution >= 4 is 6.29 Å². The van der Waals surface area contributed by atoms with Crippen molar-refractivity contribution in [2.45, 2.75) is 26.2 Å². The molecule has 3 heteroatoms. The minimum Gasteiger partial charge on any atom is -0.507 e. The molecule has 0 aliphatic rings. The van der Waals surface area contributed by atoms with Crippen LogP contribution in [0.25, 0.3) is 0 Å². The average molecular weight is 210 g/mol. The Kier molecular flexibility index (Phi) is 5.02. The molecule has 0 fully saturated rings. The Morgan fingerprint density at radius 2 is 1.73 bits per heavy atom. The van der Waals surface area contributed by atoms with Gasteiger partial charge in [-0.2, -0.15) is 0 Å². The molecule has 0 heterocycles. The number of benzene rings is 1. The third kappa shape index (κ3) is 3.72. The van der Waals surface area contributed by atoms with Gasteiger partial charge in [0.1, 0.15) is 5.75 Å². The average Bonchev–Trinajstić information content (AvgIpc) is 2.20. The van der Waals surface area contributed by atoms with Crippen molar-refractivity contribution in [2.75, 3.05) is 7.11 Å². The molecule has 0 radical (unpaired) electrons. The van der Waals surface area contributed by atoms with E-state index in [2.05, 4.69) is 20.8 Å². The number of hydrogen-bond donors (Lipinski definition) is 2. The zero-order chi connectivity index (χ0) is 12.1. The Labute approximate surface area is 90.4 Å². The maximum absolute atomic E-state index is 10.5. The number of phenolic OH excluding ortho intramolecular Hbond substituents is 1. The summed E-state index contributed by atoms with van der Waals surface area (Å²) in [5.74, 6) is 0.0444. The fraction of sp³-hybridized carbons (Fsp3) is 0.417. The fourth-order valence-electron chi connectivity index (χ4n) is 1.12. The first kappa shape index (κ1) is 13.7. The molecule has 0 aliphatic heterocycles. The first-order chi connectivity index (χ1) is 6.95. The normalized spacial score (nSPS) is 10.2. The van der Waals surface area contributed by atoms with Crippen LogP contribution in [0.3, 0.4) is 0 Å². The topological polar surface area (TPSA) is 57.5 Å². The molecule has 0 saturated heterocycles. The number of aliphatic hydroxyl groups excluding tert-OH is 1. The quantitative estimate of drug-likeness (QED) is 0.698. The van der Waals surface area contributed by atoms with E-state index in [4.69, 9.17) is 5.11 Å². The number of carbonyl (C=O) groups excluding carboxylic acids is 1. The van der Waals surface area contributed by atoms with Crippen molar-refractivity contribution in [2.24, 2.45) is 0 Å². The van der Waals surface area contributed by atoms with Crippen molar-refractivity contribution in [1.29, 1.82) is 0 Å². The van der Waals surface area contributed by atoms with Crippen molar-refractivity contribution in [1.82, 2.24) is 0 Å². The van der Waals surface area contributed by atoms with Crippen LogP contribution in [0.5, 0.6) is 5.75 Å². The van der Waals surface area contributed by atoms with Gasteiger partial charge < -0.3 is 10.2 Å². The second-order valence-corrected chi connectivity index (χ2v) is 4.14. The summed E-state index contributed by atoms with van der Waals surface area (Å²) in [5.41, 5.74) is 1.41. The van der Waals surface area contributed by atoms with Gasteiger partial charge in [-0.25, -0.2) is 0 Å². The van der Waals surface area contributed by atoms with Crippen LogP contribution in [0.1, 0.15) is 36.7 Å². The van der Waals surface area contributed by atoms with E-state index in [-0.39, 0.29) is 11.2 Å². The summed E-state index contributed by atoms with van der Waals surface area (Å²) in [4.78, 5) is 10.5. The van der Waals surface area contributed by atoms with Crippen molar-refractivity contribution in [3.8, 4) is 5.75 Å². The summed E-state index contributed by atoms with van der Waals surface area (Å²) in [5, 5.41) is 16.3. The Balaban J connectivity index is 0.000000921. The van der Waals surface area contributed by atoms with Crippen LogP contribution >= 0.6 is 0 Å². The van der Waals surface area contributed by atoms with Gasteiger partial charge in [0.15, 0.2) is 6.29 Å². The Morgan fingerprint density at radius 1 is 1.20 bits per heavy atom. The molecule has 2 N–H and O–H groups in total. The highest BCUT2D eigenvalue weighted by Crippen LogP contribution is 2.26. The lowest BCUT2D eigenvalue weighted by atomic mass is 9.86. The molecule has 0 aliphatic carbocycles. The first-order valence-electron chi connectivity index (χ1n) is 4.68. The number of aromatic hydroxyl groups is 1. The fourth-order valence-corrected chi connectivity index (χ4v) is 1.12. The lowest BCUT2D eigenvalue weighted by Gasteiger charge is -2.19. The van der Waals surface area contributed by atoms with Gasteiger partial charge in [-0.05, 0) is 23.1 Å². The van der Waals surface area contributed by atoms with E-state index in [1.807, 2.05) is 6.07 Å². The van der Waals surface area contributed by atoms with E-state index < -0.39 is 0 Å². The van der Waals surface area contributed by atoms with Gasteiger partial charge in [-0.15, -0.1) is 0 Å². The number of aldehydes is 1. The second kappa shape index (κ2) is 5.51. The highest BCUT2D eigenvalue weighted by atomic mass is 16.3. The number of phenols is 1. The third-order valence-electron chi connectivity index (χ3n) is 2.02. The summed E-state index contributed by atoms with van der Waals surface area (Å²) in [6, 6.07) is 5.12. The summed E-state index contributed by atoms with van der Waals surface area (Å²) in [6.07, 6.45) is 0.671. The molecule has 0 unspecified atom stereocenters. The van der Waals surface area contributed by atoms with Gasteiger partial charge in [0, 0.05) is 7.11 Å². The van der Waals surface area contributed by atoms with Gasteiger partial charge in [-0.3, -0.25) is 4.79 Å². The second-order valence-electron chi connectivity index (χ2n) is 4.14. The lowest BCUT2D eigenvalue weighted by Crippen LogP contribution is -2.11. The third-order valence-corrected chi connectivity index (χ3v) is 2.02. The van der Waals surface area contributed by atoms with Crippen LogP contribution < -0.4 is 0 Å². The van der Waals surface area contributed by atoms with Crippen LogP contribution in [0.2, 0.25) is 0 Å². The molecule has 0 atom stereocenters. The molecule has 0 saturated carbocycles. The lowest BCUT2D eigenvalue weighted by molar-refractivity contribution is 0.112. The standard InChI is InChI=1S/C11H14O2.CH4O/c1-11(2,3)9-4-5-10(13)8(6-9)7-12;1-2/h4-7,13H,1-3H3;2H,1H3. The van der Waals surface area contributed by atoms with Crippen molar-refractivity contribution in [3.05, 3.63) is 29.3 Å². The maximum Gasteiger partial charge on any atom is 0.153 e. The molecule has 0 aromatic heterocycles. The SMILES string of the molecule is CC(C)(C)c1ccc(O)c(C=O)c1.CO. The highest BCUT2D eigenvalue weighted by molar-refractivity contribution is 5.79. The van der Waals surface area contributed by atoms with Gasteiger partial charge >= 0.3 is 0 Å². The van der Waals surface area contributed by atoms with Gasteiger partial charge in [0.05, 0.1) is 5.56 Å². The van der Waals surface area contributed by atoms with Crippen molar-refractivity contribution < 1.29 is 15.0 Å². The van der Waals surface area contributed by atoms with Crippen LogP contribution in [0.4, 0.5) is 0 Å². The van der Waals surface area contributed by atoms with Gasteiger partial charge in [0.25, 0.3) is 0 Å². The van der Waals surface area contributed by atoms with Crippen LogP contribution in [0.15, 0.2) is 18.2 Å². The van der Waals surface area contributed by atoms with E-state index >= 15 is 0 Å². The van der Waals surface area contributed by atoms with Crippen LogP contribution in [-0.4, -0.2) is 23.6 Å². The Morgan fingerprint density at radius 3 is 2.13 bits per heavy atom. The van der Waals surface area contributed by atoms with E-state index in [0.717, 1.165) is 12.7 Å². The van der Waals surface area contributed by atoms with E-state index in [9.17, 15) is 9.90 Å². The zero-order valence-corrected chi connectivity index (χ0v) is 9.61. The molecule has 0 spiro atoms. The molecule has 1 rings (SSSR count). The molecular weight excluding hydrogens is 192 g/mol. The largest absolute Gasteiger partial charge is 0.507 e. The number of aliphatic hydroxyl groups is 1. The zero-order valence-electron chi connectivity index (χ0n) is 9.61. The monoisotopic (exact) mass is 210 g/mol. The number of hydrogen-bond acceptors (Lipinski definition) is 3. The van der Waals surface area contributed by atoms with E-state index in [0.29, 0.717) is 11.8 Å². The summed E-state index contributed by atoms with van der Waals surface area (Å²) in [7, 11) is 1.00. The Hall–Kier alpha value is -1.35. The van der Waals surface area contributed by atoms with Crippen LogP contribution in [-0.2, 0) is 5.41 Å². The van der Waals surface area contributed by atoms with Gasteiger partial charge in [0.2, 0.25) is 0 Å². The molecule has 3 nitrogen and oxygen atoms in total. The summed E-state index contributed by atoms with van der Waals surface area (Å²) in [6.45, 7) is 6.19. The van der Waals surface area contributed by atoms with Crippen molar-refractivity contribution in [3.63, 3.8) is 0 Å². The molecule has 1 aromatic rings. The Bertz CT molecular complexity index is 324. The molecule has 15 heavy (non-hydrogen) atoms.